The molecule has 3 rings (SSSR count). The number of carbonyl (C=O) groups is 1. The molecule has 1 aromatic heterocycles. The van der Waals surface area contributed by atoms with Gasteiger partial charge in [0.15, 0.2) is 0 Å². The topological polar surface area (TPSA) is 54.0 Å². The molecule has 132 valence electrons. The lowest BCUT2D eigenvalue weighted by Crippen LogP contribution is -2.15. The van der Waals surface area contributed by atoms with E-state index in [1.807, 2.05) is 54.6 Å². The number of hydrogen-bond acceptors (Lipinski definition) is 3. The van der Waals surface area contributed by atoms with Crippen molar-refractivity contribution in [3.8, 4) is 0 Å². The van der Waals surface area contributed by atoms with Crippen molar-refractivity contribution in [1.29, 1.82) is 0 Å². The Kier molecular flexibility index (Phi) is 6.23. The van der Waals surface area contributed by atoms with E-state index in [0.29, 0.717) is 12.2 Å². The van der Waals surface area contributed by atoms with Gasteiger partial charge in [-0.1, -0.05) is 54.1 Å². The Morgan fingerprint density at radius 1 is 0.962 bits per heavy atom. The van der Waals surface area contributed by atoms with E-state index in [1.165, 1.54) is 5.56 Å². The van der Waals surface area contributed by atoms with Gasteiger partial charge in [-0.25, -0.2) is 4.98 Å². The quantitative estimate of drug-likeness (QED) is 0.644. The van der Waals surface area contributed by atoms with Crippen LogP contribution >= 0.6 is 11.6 Å². The Labute approximate surface area is 158 Å². The Hall–Kier alpha value is -2.85. The minimum atomic E-state index is -0.0784. The molecule has 2 N–H and O–H groups in total. The summed E-state index contributed by atoms with van der Waals surface area (Å²) in [5.74, 6) is 0.469. The van der Waals surface area contributed by atoms with E-state index in [1.54, 1.807) is 12.3 Å². The molecule has 0 radical (unpaired) electrons. The molecule has 1 heterocycles. The molecule has 0 saturated carbocycles. The van der Waals surface area contributed by atoms with Gasteiger partial charge in [0.1, 0.15) is 5.82 Å². The molecule has 5 heteroatoms. The number of hydrogen-bond donors (Lipinski definition) is 2. The fourth-order valence-electron chi connectivity index (χ4n) is 2.58. The largest absolute Gasteiger partial charge is 0.383 e. The molecule has 0 atom stereocenters. The van der Waals surface area contributed by atoms with Gasteiger partial charge in [-0.3, -0.25) is 4.79 Å². The number of anilines is 2. The van der Waals surface area contributed by atoms with Crippen LogP contribution in [0.2, 0.25) is 5.02 Å². The summed E-state index contributed by atoms with van der Waals surface area (Å²) in [6.07, 6.45) is 2.92. The van der Waals surface area contributed by atoms with Gasteiger partial charge in [0.2, 0.25) is 5.91 Å². The fraction of sp³-hybridized carbons (Fsp3) is 0.143. The molecule has 3 aromatic rings. The summed E-state index contributed by atoms with van der Waals surface area (Å²) in [6.45, 7) is 0.779. The number of nitrogens with zero attached hydrogens (tertiary/aromatic N) is 1. The molecule has 0 aliphatic rings. The van der Waals surface area contributed by atoms with E-state index >= 15 is 0 Å². The number of carbonyl (C=O) groups excluding carboxylic acids is 1. The SMILES string of the molecule is O=C(Cc1ccccc1)Nc1ccc(NCCc2cccc(Cl)c2)cn1. The van der Waals surface area contributed by atoms with Gasteiger partial charge in [-0.15, -0.1) is 0 Å². The minimum Gasteiger partial charge on any atom is -0.383 e. The first-order valence-corrected chi connectivity index (χ1v) is 8.85. The van der Waals surface area contributed by atoms with Crippen molar-refractivity contribution in [3.05, 3.63) is 89.1 Å². The highest BCUT2D eigenvalue weighted by Gasteiger charge is 2.04. The first kappa shape index (κ1) is 18.0. The second kappa shape index (κ2) is 9.02. The second-order valence-corrected chi connectivity index (χ2v) is 6.39. The molecule has 0 saturated heterocycles. The van der Waals surface area contributed by atoms with Gasteiger partial charge in [-0.2, -0.15) is 0 Å². The van der Waals surface area contributed by atoms with Crippen molar-refractivity contribution in [2.45, 2.75) is 12.8 Å². The summed E-state index contributed by atoms with van der Waals surface area (Å²) in [5.41, 5.74) is 3.07. The van der Waals surface area contributed by atoms with Crippen molar-refractivity contribution in [2.75, 3.05) is 17.2 Å². The lowest BCUT2D eigenvalue weighted by Gasteiger charge is -2.08. The molecular weight excluding hydrogens is 346 g/mol. The van der Waals surface area contributed by atoms with Crippen LogP contribution in [-0.4, -0.2) is 17.4 Å². The summed E-state index contributed by atoms with van der Waals surface area (Å²) < 4.78 is 0. The molecule has 1 amide bonds. The zero-order chi connectivity index (χ0) is 18.2. The fourth-order valence-corrected chi connectivity index (χ4v) is 2.80. The summed E-state index contributed by atoms with van der Waals surface area (Å²) >= 11 is 5.99. The molecule has 4 nitrogen and oxygen atoms in total. The van der Waals surface area contributed by atoms with Crippen LogP contribution in [0.4, 0.5) is 11.5 Å². The van der Waals surface area contributed by atoms with Crippen LogP contribution in [-0.2, 0) is 17.6 Å². The zero-order valence-corrected chi connectivity index (χ0v) is 15.0. The summed E-state index contributed by atoms with van der Waals surface area (Å²) in [4.78, 5) is 16.3. The van der Waals surface area contributed by atoms with Crippen LogP contribution in [0.15, 0.2) is 72.9 Å². The monoisotopic (exact) mass is 365 g/mol. The molecule has 0 unspecified atom stereocenters. The highest BCUT2D eigenvalue weighted by atomic mass is 35.5. The minimum absolute atomic E-state index is 0.0784. The number of benzene rings is 2. The Morgan fingerprint density at radius 3 is 2.50 bits per heavy atom. The maximum absolute atomic E-state index is 12.0. The third-order valence-corrected chi connectivity index (χ3v) is 4.11. The number of amides is 1. The highest BCUT2D eigenvalue weighted by Crippen LogP contribution is 2.13. The molecule has 2 aromatic carbocycles. The van der Waals surface area contributed by atoms with Gasteiger partial charge >= 0.3 is 0 Å². The first-order chi connectivity index (χ1) is 12.7. The molecule has 26 heavy (non-hydrogen) atoms. The summed E-state index contributed by atoms with van der Waals surface area (Å²) in [7, 11) is 0. The van der Waals surface area contributed by atoms with Gasteiger partial charge in [0.25, 0.3) is 0 Å². The number of rotatable bonds is 7. The third kappa shape index (κ3) is 5.60. The van der Waals surface area contributed by atoms with Crippen LogP contribution in [0.25, 0.3) is 0 Å². The lowest BCUT2D eigenvalue weighted by molar-refractivity contribution is -0.115. The van der Waals surface area contributed by atoms with Gasteiger partial charge in [-0.05, 0) is 41.8 Å². The van der Waals surface area contributed by atoms with Gasteiger partial charge in [0, 0.05) is 11.6 Å². The van der Waals surface area contributed by atoms with Crippen molar-refractivity contribution < 1.29 is 4.79 Å². The van der Waals surface area contributed by atoms with Crippen LogP contribution < -0.4 is 10.6 Å². The number of nitrogens with one attached hydrogen (secondary N) is 2. The van der Waals surface area contributed by atoms with Crippen LogP contribution in [0.1, 0.15) is 11.1 Å². The average Bonchev–Trinajstić information content (AvgIpc) is 2.64. The van der Waals surface area contributed by atoms with Gasteiger partial charge in [0.05, 0.1) is 18.3 Å². The molecule has 0 spiro atoms. The first-order valence-electron chi connectivity index (χ1n) is 8.47. The Balaban J connectivity index is 1.46. The van der Waals surface area contributed by atoms with E-state index in [9.17, 15) is 4.79 Å². The van der Waals surface area contributed by atoms with Crippen LogP contribution in [0.3, 0.4) is 0 Å². The van der Waals surface area contributed by atoms with Crippen molar-refractivity contribution in [3.63, 3.8) is 0 Å². The predicted molar refractivity (Wildman–Crippen MR) is 107 cm³/mol. The van der Waals surface area contributed by atoms with E-state index < -0.39 is 0 Å². The number of aromatic nitrogens is 1. The van der Waals surface area contributed by atoms with E-state index in [4.69, 9.17) is 11.6 Å². The van der Waals surface area contributed by atoms with E-state index in [0.717, 1.165) is 29.2 Å². The average molecular weight is 366 g/mol. The Morgan fingerprint density at radius 2 is 1.77 bits per heavy atom. The van der Waals surface area contributed by atoms with E-state index in [-0.39, 0.29) is 5.91 Å². The lowest BCUT2D eigenvalue weighted by atomic mass is 10.1. The van der Waals surface area contributed by atoms with Crippen molar-refractivity contribution in [1.82, 2.24) is 4.98 Å². The maximum Gasteiger partial charge on any atom is 0.229 e. The Bertz CT molecular complexity index is 851. The van der Waals surface area contributed by atoms with Crippen LogP contribution in [0.5, 0.6) is 0 Å². The molecule has 0 aliphatic heterocycles. The maximum atomic E-state index is 12.0. The van der Waals surface area contributed by atoms with Crippen molar-refractivity contribution >= 4 is 29.0 Å². The normalized spacial score (nSPS) is 10.3. The second-order valence-electron chi connectivity index (χ2n) is 5.95. The smallest absolute Gasteiger partial charge is 0.229 e. The molecule has 0 fully saturated rings. The number of halogens is 1. The summed E-state index contributed by atoms with van der Waals surface area (Å²) in [6, 6.07) is 21.2. The highest BCUT2D eigenvalue weighted by molar-refractivity contribution is 6.30. The molecule has 0 aliphatic carbocycles. The van der Waals surface area contributed by atoms with E-state index in [2.05, 4.69) is 21.7 Å². The summed E-state index contributed by atoms with van der Waals surface area (Å²) in [5, 5.41) is 6.88. The standard InChI is InChI=1S/C21H20ClN3O/c22-18-8-4-7-17(13-18)11-12-23-19-9-10-20(24-15-19)25-21(26)14-16-5-2-1-3-6-16/h1-10,13,15,23H,11-12,14H2,(H,24,25,26). The van der Waals surface area contributed by atoms with Gasteiger partial charge < -0.3 is 10.6 Å². The van der Waals surface area contributed by atoms with Crippen LogP contribution in [0, 0.1) is 0 Å². The molecular formula is C21H20ClN3O. The van der Waals surface area contributed by atoms with Crippen molar-refractivity contribution in [2.24, 2.45) is 0 Å². The molecule has 0 bridgehead atoms. The predicted octanol–water partition coefficient (Wildman–Crippen LogP) is 4.57. The number of pyridine rings is 1. The third-order valence-electron chi connectivity index (χ3n) is 3.87. The zero-order valence-electron chi connectivity index (χ0n) is 14.3.